The topological polar surface area (TPSA) is 36.4 Å². The van der Waals surface area contributed by atoms with Gasteiger partial charge in [-0.1, -0.05) is 30.3 Å². The Morgan fingerprint density at radius 2 is 2.04 bits per heavy atom. The molecule has 25 heavy (non-hydrogen) atoms. The predicted octanol–water partition coefficient (Wildman–Crippen LogP) is 3.20. The van der Waals surface area contributed by atoms with Crippen LogP contribution < -0.4 is 0 Å². The summed E-state index contributed by atoms with van der Waals surface area (Å²) in [5, 5.41) is 2.06. The van der Waals surface area contributed by atoms with Crippen LogP contribution in [-0.4, -0.2) is 46.4 Å². The Morgan fingerprint density at radius 3 is 2.84 bits per heavy atom. The van der Waals surface area contributed by atoms with Crippen molar-refractivity contribution in [2.24, 2.45) is 5.92 Å². The van der Waals surface area contributed by atoms with Crippen molar-refractivity contribution in [2.75, 3.05) is 19.6 Å². The fourth-order valence-electron chi connectivity index (χ4n) is 4.16. The van der Waals surface area contributed by atoms with Crippen molar-refractivity contribution in [1.82, 2.24) is 14.8 Å². The van der Waals surface area contributed by atoms with Gasteiger partial charge in [-0.3, -0.25) is 4.79 Å². The van der Waals surface area contributed by atoms with Gasteiger partial charge in [-0.15, -0.1) is 11.3 Å². The van der Waals surface area contributed by atoms with Crippen molar-refractivity contribution in [3.8, 4) is 0 Å². The quantitative estimate of drug-likeness (QED) is 0.798. The Labute approximate surface area is 153 Å². The lowest BCUT2D eigenvalue weighted by Crippen LogP contribution is -2.47. The van der Waals surface area contributed by atoms with Gasteiger partial charge in [0, 0.05) is 24.5 Å². The standard InChI is InChI=1S/C20H25N3OS/c24-20-17-8-9-19(23(20)12-18-14-25-15-21-18)13-22(11-17)10-4-7-16-5-2-1-3-6-16/h1-3,5-6,14-15,17,19H,4,7-13H2/t17-,19+/m0/s1. The van der Waals surface area contributed by atoms with Gasteiger partial charge in [0.2, 0.25) is 5.91 Å². The van der Waals surface area contributed by atoms with E-state index < -0.39 is 0 Å². The number of aryl methyl sites for hydroxylation is 1. The molecule has 0 saturated carbocycles. The second-order valence-corrected chi connectivity index (χ2v) is 7.94. The molecule has 0 aliphatic carbocycles. The highest BCUT2D eigenvalue weighted by molar-refractivity contribution is 7.07. The number of hydrogen-bond acceptors (Lipinski definition) is 4. The van der Waals surface area contributed by atoms with E-state index in [2.05, 4.69) is 50.5 Å². The van der Waals surface area contributed by atoms with E-state index in [0.29, 0.717) is 18.5 Å². The van der Waals surface area contributed by atoms with Crippen LogP contribution in [0.4, 0.5) is 0 Å². The summed E-state index contributed by atoms with van der Waals surface area (Å²) in [5.74, 6) is 0.518. The zero-order valence-corrected chi connectivity index (χ0v) is 15.3. The highest BCUT2D eigenvalue weighted by Crippen LogP contribution is 2.30. The summed E-state index contributed by atoms with van der Waals surface area (Å²) in [5.41, 5.74) is 4.29. The molecule has 2 atom stereocenters. The van der Waals surface area contributed by atoms with E-state index >= 15 is 0 Å². The number of carbonyl (C=O) groups excluding carboxylic acids is 1. The van der Waals surface area contributed by atoms with E-state index in [1.165, 1.54) is 5.56 Å². The molecule has 132 valence electrons. The molecule has 0 radical (unpaired) electrons. The maximum atomic E-state index is 12.8. The third kappa shape index (κ3) is 3.93. The number of aromatic nitrogens is 1. The first-order chi connectivity index (χ1) is 12.3. The van der Waals surface area contributed by atoms with Gasteiger partial charge in [0.15, 0.2) is 0 Å². The lowest BCUT2D eigenvalue weighted by Gasteiger charge is -2.35. The number of piperidine rings is 1. The van der Waals surface area contributed by atoms with Gasteiger partial charge in [-0.2, -0.15) is 0 Å². The Morgan fingerprint density at radius 1 is 1.16 bits per heavy atom. The minimum Gasteiger partial charge on any atom is -0.332 e. The van der Waals surface area contributed by atoms with Gasteiger partial charge in [-0.05, 0) is 37.8 Å². The van der Waals surface area contributed by atoms with Crippen molar-refractivity contribution in [3.05, 3.63) is 52.5 Å². The van der Waals surface area contributed by atoms with E-state index in [9.17, 15) is 4.79 Å². The number of fused-ring (bicyclic) bond motifs is 4. The van der Waals surface area contributed by atoms with Crippen LogP contribution in [0.1, 0.15) is 30.5 Å². The van der Waals surface area contributed by atoms with Gasteiger partial charge < -0.3 is 9.80 Å². The maximum absolute atomic E-state index is 12.8. The Hall–Kier alpha value is -1.72. The summed E-state index contributed by atoms with van der Waals surface area (Å²) < 4.78 is 0. The van der Waals surface area contributed by atoms with Gasteiger partial charge in [0.25, 0.3) is 0 Å². The number of benzene rings is 1. The minimum absolute atomic E-state index is 0.175. The lowest BCUT2D eigenvalue weighted by atomic mass is 9.94. The number of carbonyl (C=O) groups is 1. The Kier molecular flexibility index (Phi) is 5.13. The van der Waals surface area contributed by atoms with Crippen LogP contribution in [0.3, 0.4) is 0 Å². The zero-order chi connectivity index (χ0) is 17.1. The summed E-state index contributed by atoms with van der Waals surface area (Å²) in [4.78, 5) is 21.8. The van der Waals surface area contributed by atoms with E-state index in [1.54, 1.807) is 11.3 Å². The molecule has 1 aromatic carbocycles. The van der Waals surface area contributed by atoms with Crippen LogP contribution in [0, 0.1) is 5.92 Å². The van der Waals surface area contributed by atoms with Crippen molar-refractivity contribution in [2.45, 2.75) is 38.3 Å². The molecule has 5 heteroatoms. The molecule has 3 aliphatic heterocycles. The third-order valence-electron chi connectivity index (χ3n) is 5.47. The first kappa shape index (κ1) is 16.7. The van der Waals surface area contributed by atoms with E-state index in [-0.39, 0.29) is 5.92 Å². The van der Waals surface area contributed by atoms with E-state index in [4.69, 9.17) is 0 Å². The molecule has 1 aromatic heterocycles. The van der Waals surface area contributed by atoms with Gasteiger partial charge in [0.1, 0.15) is 0 Å². The van der Waals surface area contributed by atoms with Gasteiger partial charge in [0.05, 0.1) is 23.7 Å². The van der Waals surface area contributed by atoms with Crippen LogP contribution >= 0.6 is 11.3 Å². The number of hydrogen-bond donors (Lipinski definition) is 0. The Balaban J connectivity index is 1.36. The molecule has 0 spiro atoms. The zero-order valence-electron chi connectivity index (χ0n) is 14.5. The van der Waals surface area contributed by atoms with Crippen LogP contribution in [0.2, 0.25) is 0 Å². The molecule has 2 aromatic rings. The maximum Gasteiger partial charge on any atom is 0.227 e. The fraction of sp³-hybridized carbons (Fsp3) is 0.500. The molecule has 4 nitrogen and oxygen atoms in total. The summed E-state index contributed by atoms with van der Waals surface area (Å²) >= 11 is 1.60. The highest BCUT2D eigenvalue weighted by Gasteiger charge is 2.40. The normalized spacial score (nSPS) is 23.8. The smallest absolute Gasteiger partial charge is 0.227 e. The third-order valence-corrected chi connectivity index (χ3v) is 6.10. The SMILES string of the molecule is O=C1[C@H]2CC[C@H](CN(CCCc3ccccc3)C2)N1Cc1cscn1. The Bertz CT molecular complexity index is 688. The van der Waals surface area contributed by atoms with Gasteiger partial charge >= 0.3 is 0 Å². The number of rotatable bonds is 6. The number of nitrogens with zero attached hydrogens (tertiary/aromatic N) is 3. The van der Waals surface area contributed by atoms with Crippen LogP contribution in [0.25, 0.3) is 0 Å². The molecule has 3 aliphatic rings. The highest BCUT2D eigenvalue weighted by atomic mass is 32.1. The number of thiazole rings is 1. The van der Waals surface area contributed by atoms with Crippen molar-refractivity contribution in [1.29, 1.82) is 0 Å². The fourth-order valence-corrected chi connectivity index (χ4v) is 4.71. The van der Waals surface area contributed by atoms with Crippen LogP contribution in [0.15, 0.2) is 41.2 Å². The first-order valence-corrected chi connectivity index (χ1v) is 10.2. The van der Waals surface area contributed by atoms with Crippen LogP contribution in [0.5, 0.6) is 0 Å². The van der Waals surface area contributed by atoms with Crippen LogP contribution in [-0.2, 0) is 17.8 Å². The second-order valence-electron chi connectivity index (χ2n) is 7.22. The summed E-state index contributed by atoms with van der Waals surface area (Å²) in [7, 11) is 0. The molecular weight excluding hydrogens is 330 g/mol. The van der Waals surface area contributed by atoms with Crippen molar-refractivity contribution in [3.63, 3.8) is 0 Å². The van der Waals surface area contributed by atoms with E-state index in [0.717, 1.165) is 51.0 Å². The molecular formula is C20H25N3OS. The molecule has 0 unspecified atom stereocenters. The summed E-state index contributed by atoms with van der Waals surface area (Å²) in [6.45, 7) is 3.71. The second kappa shape index (κ2) is 7.67. The molecule has 3 fully saturated rings. The minimum atomic E-state index is 0.175. The summed E-state index contributed by atoms with van der Waals surface area (Å²) in [6, 6.07) is 11.0. The van der Waals surface area contributed by atoms with Crippen molar-refractivity contribution >= 4 is 17.2 Å². The molecule has 0 N–H and O–H groups in total. The monoisotopic (exact) mass is 355 g/mol. The van der Waals surface area contributed by atoms with Gasteiger partial charge in [-0.25, -0.2) is 4.98 Å². The molecule has 3 saturated heterocycles. The summed E-state index contributed by atoms with van der Waals surface area (Å²) in [6.07, 6.45) is 4.45. The average molecular weight is 356 g/mol. The van der Waals surface area contributed by atoms with E-state index in [1.807, 2.05) is 5.51 Å². The molecule has 1 amide bonds. The lowest BCUT2D eigenvalue weighted by molar-refractivity contribution is -0.140. The predicted molar refractivity (Wildman–Crippen MR) is 100 cm³/mol. The average Bonchev–Trinajstić information content (AvgIpc) is 3.01. The number of amides is 1. The van der Waals surface area contributed by atoms with Crippen molar-refractivity contribution < 1.29 is 4.79 Å². The molecule has 2 bridgehead atoms. The first-order valence-electron chi connectivity index (χ1n) is 9.23. The largest absolute Gasteiger partial charge is 0.332 e. The molecule has 4 heterocycles. The molecule has 5 rings (SSSR count).